The molecular weight excluding hydrogens is 320 g/mol. The number of tetrazole rings is 1. The first-order chi connectivity index (χ1) is 12.1. The van der Waals surface area contributed by atoms with Gasteiger partial charge in [-0.3, -0.25) is 4.79 Å². The Morgan fingerprint density at radius 1 is 1.24 bits per heavy atom. The van der Waals surface area contributed by atoms with Crippen LogP contribution in [0.25, 0.3) is 5.69 Å². The minimum atomic E-state index is 0.0916. The highest BCUT2D eigenvalue weighted by Gasteiger charge is 2.27. The van der Waals surface area contributed by atoms with E-state index in [1.165, 1.54) is 6.33 Å². The summed E-state index contributed by atoms with van der Waals surface area (Å²) in [4.78, 5) is 14.5. The molecule has 2 aromatic heterocycles. The molecule has 1 aromatic carbocycles. The molecule has 1 amide bonds. The number of nitrogens with zero attached hydrogens (tertiary/aromatic N) is 8. The molecule has 128 valence electrons. The molecule has 0 radical (unpaired) electrons. The van der Waals surface area contributed by atoms with Crippen LogP contribution in [0.4, 0.5) is 0 Å². The summed E-state index contributed by atoms with van der Waals surface area (Å²) in [5.74, 6) is 1.83. The second-order valence-corrected chi connectivity index (χ2v) is 6.25. The molecule has 9 heteroatoms. The van der Waals surface area contributed by atoms with E-state index in [9.17, 15) is 4.79 Å². The number of hydrogen-bond acceptors (Lipinski definition) is 6. The normalized spacial score (nSPS) is 16.7. The van der Waals surface area contributed by atoms with E-state index in [4.69, 9.17) is 0 Å². The van der Waals surface area contributed by atoms with Gasteiger partial charge >= 0.3 is 0 Å². The summed E-state index contributed by atoms with van der Waals surface area (Å²) in [6.45, 7) is 5.21. The van der Waals surface area contributed by atoms with Crippen LogP contribution in [0.1, 0.15) is 30.2 Å². The van der Waals surface area contributed by atoms with Gasteiger partial charge in [0.1, 0.15) is 12.2 Å². The van der Waals surface area contributed by atoms with Crippen molar-refractivity contribution < 1.29 is 4.79 Å². The van der Waals surface area contributed by atoms with Crippen LogP contribution >= 0.6 is 0 Å². The number of amides is 1. The number of benzene rings is 1. The summed E-state index contributed by atoms with van der Waals surface area (Å²) in [7, 11) is 0. The van der Waals surface area contributed by atoms with Crippen molar-refractivity contribution in [3.05, 3.63) is 47.8 Å². The van der Waals surface area contributed by atoms with Gasteiger partial charge in [-0.1, -0.05) is 12.1 Å². The van der Waals surface area contributed by atoms with Crippen LogP contribution in [0.5, 0.6) is 0 Å². The van der Waals surface area contributed by atoms with Crippen LogP contribution in [0.2, 0.25) is 0 Å². The fourth-order valence-corrected chi connectivity index (χ4v) is 3.25. The summed E-state index contributed by atoms with van der Waals surface area (Å²) in [5, 5.41) is 19.4. The molecule has 0 fully saturated rings. The monoisotopic (exact) mass is 338 g/mol. The number of carbonyl (C=O) groups excluding carboxylic acids is 1. The maximum atomic E-state index is 12.7. The van der Waals surface area contributed by atoms with Crippen molar-refractivity contribution in [2.75, 3.05) is 6.54 Å². The Morgan fingerprint density at radius 2 is 2.04 bits per heavy atom. The molecule has 1 aliphatic heterocycles. The second-order valence-electron chi connectivity index (χ2n) is 6.25. The molecule has 1 atom stereocenters. The number of aromatic nitrogens is 7. The van der Waals surface area contributed by atoms with Gasteiger partial charge in [-0.05, 0) is 42.0 Å². The van der Waals surface area contributed by atoms with E-state index < -0.39 is 0 Å². The van der Waals surface area contributed by atoms with E-state index in [2.05, 4.69) is 37.2 Å². The maximum absolute atomic E-state index is 12.7. The zero-order chi connectivity index (χ0) is 17.4. The fourth-order valence-electron chi connectivity index (χ4n) is 3.25. The molecule has 9 nitrogen and oxygen atoms in total. The van der Waals surface area contributed by atoms with Gasteiger partial charge in [0.2, 0.25) is 5.91 Å². The molecule has 3 heterocycles. The lowest BCUT2D eigenvalue weighted by atomic mass is 10.1. The van der Waals surface area contributed by atoms with Crippen LogP contribution in [-0.4, -0.2) is 52.3 Å². The van der Waals surface area contributed by atoms with Gasteiger partial charge in [0.25, 0.3) is 0 Å². The van der Waals surface area contributed by atoms with Gasteiger partial charge in [0, 0.05) is 6.54 Å². The van der Waals surface area contributed by atoms with Crippen molar-refractivity contribution >= 4 is 5.91 Å². The van der Waals surface area contributed by atoms with E-state index in [0.717, 1.165) is 22.9 Å². The minimum absolute atomic E-state index is 0.0916. The number of carbonyl (C=O) groups is 1. The molecule has 3 aromatic rings. The zero-order valence-corrected chi connectivity index (χ0v) is 14.1. The van der Waals surface area contributed by atoms with E-state index in [1.807, 2.05) is 36.1 Å². The molecule has 0 spiro atoms. The molecule has 1 unspecified atom stereocenters. The minimum Gasteiger partial charge on any atom is -0.333 e. The van der Waals surface area contributed by atoms with Crippen molar-refractivity contribution in [3.8, 4) is 5.69 Å². The third-order valence-electron chi connectivity index (χ3n) is 4.45. The van der Waals surface area contributed by atoms with E-state index in [0.29, 0.717) is 19.5 Å². The number of aryl methyl sites for hydroxylation is 1. The second kappa shape index (κ2) is 6.08. The fraction of sp³-hybridized carbons (Fsp3) is 0.375. The van der Waals surface area contributed by atoms with Crippen molar-refractivity contribution in [2.45, 2.75) is 32.9 Å². The smallest absolute Gasteiger partial charge is 0.227 e. The van der Waals surface area contributed by atoms with Gasteiger partial charge in [-0.2, -0.15) is 0 Å². The zero-order valence-electron chi connectivity index (χ0n) is 14.1. The topological polar surface area (TPSA) is 94.6 Å². The first kappa shape index (κ1) is 15.4. The third kappa shape index (κ3) is 2.88. The van der Waals surface area contributed by atoms with Crippen molar-refractivity contribution in [2.24, 2.45) is 0 Å². The quantitative estimate of drug-likeness (QED) is 0.698. The highest BCUT2D eigenvalue weighted by atomic mass is 16.2. The van der Waals surface area contributed by atoms with Gasteiger partial charge in [-0.15, -0.1) is 15.3 Å². The van der Waals surface area contributed by atoms with Crippen molar-refractivity contribution in [3.63, 3.8) is 0 Å². The predicted molar refractivity (Wildman–Crippen MR) is 87.7 cm³/mol. The lowest BCUT2D eigenvalue weighted by Crippen LogP contribution is -2.41. The van der Waals surface area contributed by atoms with Crippen LogP contribution < -0.4 is 0 Å². The number of hydrogen-bond donors (Lipinski definition) is 0. The van der Waals surface area contributed by atoms with E-state index in [1.54, 1.807) is 4.68 Å². The lowest BCUT2D eigenvalue weighted by molar-refractivity contribution is -0.132. The molecule has 1 aliphatic rings. The summed E-state index contributed by atoms with van der Waals surface area (Å²) in [5.41, 5.74) is 1.81. The Morgan fingerprint density at radius 3 is 2.76 bits per heavy atom. The first-order valence-corrected chi connectivity index (χ1v) is 8.12. The molecule has 0 N–H and O–H groups in total. The molecule has 0 saturated carbocycles. The largest absolute Gasteiger partial charge is 0.333 e. The average molecular weight is 338 g/mol. The molecule has 0 aliphatic carbocycles. The van der Waals surface area contributed by atoms with Crippen LogP contribution in [0, 0.1) is 6.92 Å². The Bertz CT molecular complexity index is 884. The van der Waals surface area contributed by atoms with E-state index >= 15 is 0 Å². The molecular formula is C16H18N8O. The Hall–Kier alpha value is -3.10. The highest BCUT2D eigenvalue weighted by Crippen LogP contribution is 2.21. The SMILES string of the molecule is Cc1nnc2n1C(C)CN(C(=O)Cc1ccc(-n3cnnn3)cc1)C2. The Labute approximate surface area is 144 Å². The molecule has 4 rings (SSSR count). The molecule has 0 saturated heterocycles. The molecule has 25 heavy (non-hydrogen) atoms. The summed E-state index contributed by atoms with van der Waals surface area (Å²) in [6, 6.07) is 7.84. The standard InChI is InChI=1S/C16H18N8O/c1-11-8-22(9-15-19-18-12(2)24(11)15)16(25)7-13-3-5-14(6-4-13)23-10-17-20-21-23/h3-6,10-11H,7-9H2,1-2H3. The molecule has 0 bridgehead atoms. The Kier molecular flexibility index (Phi) is 3.75. The van der Waals surface area contributed by atoms with Gasteiger partial charge in [0.15, 0.2) is 5.82 Å². The highest BCUT2D eigenvalue weighted by molar-refractivity contribution is 5.79. The average Bonchev–Trinajstić information content (AvgIpc) is 3.26. The van der Waals surface area contributed by atoms with Crippen LogP contribution in [-0.2, 0) is 17.8 Å². The lowest BCUT2D eigenvalue weighted by Gasteiger charge is -2.32. The Balaban J connectivity index is 1.46. The summed E-state index contributed by atoms with van der Waals surface area (Å²) in [6.07, 6.45) is 1.89. The summed E-state index contributed by atoms with van der Waals surface area (Å²) >= 11 is 0. The summed E-state index contributed by atoms with van der Waals surface area (Å²) < 4.78 is 3.68. The van der Waals surface area contributed by atoms with E-state index in [-0.39, 0.29) is 11.9 Å². The van der Waals surface area contributed by atoms with Crippen LogP contribution in [0.3, 0.4) is 0 Å². The van der Waals surface area contributed by atoms with Gasteiger partial charge < -0.3 is 9.47 Å². The van der Waals surface area contributed by atoms with Crippen molar-refractivity contribution in [1.82, 2.24) is 39.9 Å². The van der Waals surface area contributed by atoms with Gasteiger partial charge in [0.05, 0.1) is 24.7 Å². The van der Waals surface area contributed by atoms with Crippen LogP contribution in [0.15, 0.2) is 30.6 Å². The first-order valence-electron chi connectivity index (χ1n) is 8.12. The van der Waals surface area contributed by atoms with Gasteiger partial charge in [-0.25, -0.2) is 4.68 Å². The third-order valence-corrected chi connectivity index (χ3v) is 4.45. The number of rotatable bonds is 3. The predicted octanol–water partition coefficient (Wildman–Crippen LogP) is 0.708. The number of fused-ring (bicyclic) bond motifs is 1. The van der Waals surface area contributed by atoms with Crippen molar-refractivity contribution in [1.29, 1.82) is 0 Å². The maximum Gasteiger partial charge on any atom is 0.227 e.